The van der Waals surface area contributed by atoms with Gasteiger partial charge >= 0.3 is 0 Å². The minimum Gasteiger partial charge on any atom is -0.347 e. The van der Waals surface area contributed by atoms with Gasteiger partial charge in [-0.2, -0.15) is 0 Å². The average Bonchev–Trinajstić information content (AvgIpc) is 3.07. The molecule has 0 atom stereocenters. The Morgan fingerprint density at radius 3 is 2.36 bits per heavy atom. The van der Waals surface area contributed by atoms with Crippen molar-refractivity contribution in [2.75, 3.05) is 4.72 Å². The first kappa shape index (κ1) is 20.0. The Labute approximate surface area is 165 Å². The molecule has 0 fully saturated rings. The number of aryl methyl sites for hydroxylation is 1. The molecule has 28 heavy (non-hydrogen) atoms. The summed E-state index contributed by atoms with van der Waals surface area (Å²) in [6.07, 6.45) is 0. The molecule has 146 valence electrons. The van der Waals surface area contributed by atoms with Gasteiger partial charge in [0.15, 0.2) is 11.6 Å². The largest absolute Gasteiger partial charge is 0.347 e. The van der Waals surface area contributed by atoms with Crippen LogP contribution in [-0.4, -0.2) is 14.3 Å². The summed E-state index contributed by atoms with van der Waals surface area (Å²) in [5.74, 6) is -2.68. The Kier molecular flexibility index (Phi) is 5.76. The topological polar surface area (TPSA) is 75.3 Å². The number of hydrogen-bond acceptors (Lipinski definition) is 4. The van der Waals surface area contributed by atoms with E-state index in [-0.39, 0.29) is 11.6 Å². The van der Waals surface area contributed by atoms with Crippen LogP contribution in [0.4, 0.5) is 14.5 Å². The lowest BCUT2D eigenvalue weighted by Gasteiger charge is -2.09. The molecule has 0 aliphatic carbocycles. The van der Waals surface area contributed by atoms with Crippen LogP contribution < -0.4 is 10.0 Å². The molecule has 5 nitrogen and oxygen atoms in total. The summed E-state index contributed by atoms with van der Waals surface area (Å²) in [6.45, 7) is 2.37. The number of rotatable bonds is 6. The molecule has 1 heterocycles. The number of carbonyl (C=O) groups is 1. The number of sulfonamides is 1. The lowest BCUT2D eigenvalue weighted by atomic mass is 10.2. The molecule has 0 radical (unpaired) electrons. The van der Waals surface area contributed by atoms with Crippen LogP contribution in [0.2, 0.25) is 0 Å². The van der Waals surface area contributed by atoms with E-state index in [0.717, 1.165) is 22.6 Å². The zero-order chi connectivity index (χ0) is 20.3. The highest BCUT2D eigenvalue weighted by Crippen LogP contribution is 2.19. The molecule has 0 aliphatic rings. The lowest BCUT2D eigenvalue weighted by molar-refractivity contribution is 0.0951. The molecule has 0 saturated carbocycles. The van der Waals surface area contributed by atoms with E-state index in [1.165, 1.54) is 24.3 Å². The van der Waals surface area contributed by atoms with Gasteiger partial charge in [0, 0.05) is 16.1 Å². The number of halogens is 2. The van der Waals surface area contributed by atoms with E-state index in [1.54, 1.807) is 11.3 Å². The number of hydrogen-bond donors (Lipinski definition) is 2. The Balaban J connectivity index is 1.67. The highest BCUT2D eigenvalue weighted by atomic mass is 32.2. The van der Waals surface area contributed by atoms with Crippen molar-refractivity contribution in [2.24, 2.45) is 0 Å². The van der Waals surface area contributed by atoms with Crippen molar-refractivity contribution in [2.45, 2.75) is 18.4 Å². The minimum atomic E-state index is -4.09. The monoisotopic (exact) mass is 422 g/mol. The van der Waals surface area contributed by atoms with E-state index in [9.17, 15) is 22.0 Å². The first-order chi connectivity index (χ1) is 13.3. The second kappa shape index (κ2) is 8.07. The van der Waals surface area contributed by atoms with Crippen LogP contribution in [0.5, 0.6) is 0 Å². The zero-order valence-electron chi connectivity index (χ0n) is 14.7. The zero-order valence-corrected chi connectivity index (χ0v) is 16.3. The van der Waals surface area contributed by atoms with Gasteiger partial charge < -0.3 is 5.32 Å². The Morgan fingerprint density at radius 1 is 1.04 bits per heavy atom. The van der Waals surface area contributed by atoms with E-state index in [2.05, 4.69) is 10.0 Å². The van der Waals surface area contributed by atoms with Crippen molar-refractivity contribution in [3.63, 3.8) is 0 Å². The lowest BCUT2D eigenvalue weighted by Crippen LogP contribution is -2.22. The molecule has 1 aromatic heterocycles. The van der Waals surface area contributed by atoms with Crippen molar-refractivity contribution < 1.29 is 22.0 Å². The van der Waals surface area contributed by atoms with Crippen molar-refractivity contribution in [1.82, 2.24) is 5.32 Å². The number of anilines is 1. The summed E-state index contributed by atoms with van der Waals surface area (Å²) in [7, 11) is -4.09. The first-order valence-electron chi connectivity index (χ1n) is 8.15. The summed E-state index contributed by atoms with van der Waals surface area (Å²) in [5.41, 5.74) is 1.66. The van der Waals surface area contributed by atoms with E-state index in [1.807, 2.05) is 18.4 Å². The molecule has 3 rings (SSSR count). The van der Waals surface area contributed by atoms with E-state index >= 15 is 0 Å². The molecule has 3 aromatic rings. The maximum absolute atomic E-state index is 13.3. The smallest absolute Gasteiger partial charge is 0.261 e. The summed E-state index contributed by atoms with van der Waals surface area (Å²) >= 11 is 1.55. The van der Waals surface area contributed by atoms with Crippen molar-refractivity contribution >= 4 is 33.0 Å². The Morgan fingerprint density at radius 2 is 1.75 bits per heavy atom. The SMILES string of the molecule is Cc1ccsc1CNC(=O)c1ccc(NS(=O)(=O)c2ccc(F)c(F)c2)cc1. The second-order valence-electron chi connectivity index (χ2n) is 5.97. The maximum Gasteiger partial charge on any atom is 0.261 e. The summed E-state index contributed by atoms with van der Waals surface area (Å²) < 4.78 is 53.1. The summed E-state index contributed by atoms with van der Waals surface area (Å²) in [4.78, 5) is 12.9. The van der Waals surface area contributed by atoms with Crippen LogP contribution in [0.25, 0.3) is 0 Å². The normalized spacial score (nSPS) is 11.2. The van der Waals surface area contributed by atoms with E-state index < -0.39 is 26.6 Å². The number of thiophene rings is 1. The fourth-order valence-corrected chi connectivity index (χ4v) is 4.31. The average molecular weight is 422 g/mol. The van der Waals surface area contributed by atoms with Crippen LogP contribution in [0.15, 0.2) is 58.8 Å². The Hall–Kier alpha value is -2.78. The number of amides is 1. The fraction of sp³-hybridized carbons (Fsp3) is 0.105. The van der Waals surface area contributed by atoms with Crippen molar-refractivity contribution in [1.29, 1.82) is 0 Å². The van der Waals surface area contributed by atoms with Gasteiger partial charge in [-0.3, -0.25) is 9.52 Å². The quantitative estimate of drug-likeness (QED) is 0.629. The van der Waals surface area contributed by atoms with Crippen LogP contribution in [0.1, 0.15) is 20.8 Å². The van der Waals surface area contributed by atoms with Crippen molar-refractivity contribution in [3.05, 3.63) is 81.5 Å². The van der Waals surface area contributed by atoms with Gasteiger partial charge in [-0.15, -0.1) is 11.3 Å². The van der Waals surface area contributed by atoms with Gasteiger partial charge in [0.05, 0.1) is 11.4 Å². The third kappa shape index (κ3) is 4.55. The van der Waals surface area contributed by atoms with E-state index in [4.69, 9.17) is 0 Å². The fourth-order valence-electron chi connectivity index (χ4n) is 2.40. The number of nitrogens with one attached hydrogen (secondary N) is 2. The van der Waals surface area contributed by atoms with Crippen molar-refractivity contribution in [3.8, 4) is 0 Å². The van der Waals surface area contributed by atoms with Crippen LogP contribution in [0, 0.1) is 18.6 Å². The number of benzene rings is 2. The molecule has 2 N–H and O–H groups in total. The predicted molar refractivity (Wildman–Crippen MR) is 104 cm³/mol. The Bertz CT molecular complexity index is 1110. The molecule has 0 unspecified atom stereocenters. The molecule has 0 spiro atoms. The standard InChI is InChI=1S/C19H16F2N2O3S2/c1-12-8-9-27-18(12)11-22-19(24)13-2-4-14(5-3-13)23-28(25,26)15-6-7-16(20)17(21)10-15/h2-10,23H,11H2,1H3,(H,22,24). The summed E-state index contributed by atoms with van der Waals surface area (Å²) in [6, 6.07) is 10.1. The van der Waals surface area contributed by atoms with Gasteiger partial charge in [0.2, 0.25) is 0 Å². The molecule has 0 aliphatic heterocycles. The molecule has 0 bridgehead atoms. The highest BCUT2D eigenvalue weighted by molar-refractivity contribution is 7.92. The minimum absolute atomic E-state index is 0.190. The van der Waals surface area contributed by atoms with E-state index in [0.29, 0.717) is 18.2 Å². The third-order valence-corrected chi connectivity index (χ3v) is 6.38. The number of carbonyl (C=O) groups excluding carboxylic acids is 1. The third-order valence-electron chi connectivity index (χ3n) is 3.98. The van der Waals surface area contributed by atoms with Gasteiger partial charge in [-0.25, -0.2) is 17.2 Å². The van der Waals surface area contributed by atoms with Gasteiger partial charge in [0.1, 0.15) is 0 Å². The van der Waals surface area contributed by atoms with Crippen LogP contribution in [0.3, 0.4) is 0 Å². The first-order valence-corrected chi connectivity index (χ1v) is 10.5. The van der Waals surface area contributed by atoms with Gasteiger partial charge in [0.25, 0.3) is 15.9 Å². The molecule has 0 saturated heterocycles. The maximum atomic E-state index is 13.3. The molecule has 9 heteroatoms. The van der Waals surface area contributed by atoms with Crippen LogP contribution >= 0.6 is 11.3 Å². The summed E-state index contributed by atoms with van der Waals surface area (Å²) in [5, 5.41) is 4.75. The predicted octanol–water partition coefficient (Wildman–Crippen LogP) is 4.07. The second-order valence-corrected chi connectivity index (χ2v) is 8.65. The molecular weight excluding hydrogens is 406 g/mol. The van der Waals surface area contributed by atoms with Gasteiger partial charge in [-0.05, 0) is 66.4 Å². The highest BCUT2D eigenvalue weighted by Gasteiger charge is 2.17. The molecule has 1 amide bonds. The molecular formula is C19H16F2N2O3S2. The van der Waals surface area contributed by atoms with Crippen LogP contribution in [-0.2, 0) is 16.6 Å². The van der Waals surface area contributed by atoms with Gasteiger partial charge in [-0.1, -0.05) is 0 Å². The molecule has 2 aromatic carbocycles.